The zero-order valence-electron chi connectivity index (χ0n) is 15.8. The SMILES string of the molecule is NC(CCC(=O)NC(CSN=O)C(=O)NCC(=O)O)C(=O)O.O=C(O)CC(S)C(=O)O. The lowest BCUT2D eigenvalue weighted by Crippen LogP contribution is -2.49. The first-order valence-corrected chi connectivity index (χ1v) is 9.62. The van der Waals surface area contributed by atoms with Crippen molar-refractivity contribution in [1.29, 1.82) is 0 Å². The van der Waals surface area contributed by atoms with Gasteiger partial charge in [0.15, 0.2) is 0 Å². The first kappa shape index (κ1) is 30.3. The number of nitrogens with one attached hydrogen (secondary N) is 2. The summed E-state index contributed by atoms with van der Waals surface area (Å²) in [6, 6.07) is -2.38. The number of carboxylic acids is 4. The van der Waals surface area contributed by atoms with Crippen LogP contribution in [-0.4, -0.2) is 85.7 Å². The van der Waals surface area contributed by atoms with Crippen molar-refractivity contribution in [3.8, 4) is 0 Å². The second-order valence-corrected chi connectivity index (χ2v) is 6.90. The molecule has 0 radical (unpaired) electrons. The summed E-state index contributed by atoms with van der Waals surface area (Å²) >= 11 is 3.96. The Kier molecular flexibility index (Phi) is 16.4. The maximum Gasteiger partial charge on any atom is 0.322 e. The van der Waals surface area contributed by atoms with Crippen LogP contribution < -0.4 is 16.4 Å². The lowest BCUT2D eigenvalue weighted by Gasteiger charge is -2.16. The molecule has 15 nitrogen and oxygen atoms in total. The Hall–Kier alpha value is -2.92. The van der Waals surface area contributed by atoms with E-state index in [1.807, 2.05) is 0 Å². The highest BCUT2D eigenvalue weighted by Gasteiger charge is 2.22. The van der Waals surface area contributed by atoms with E-state index in [9.17, 15) is 33.7 Å². The van der Waals surface area contributed by atoms with Gasteiger partial charge in [0.1, 0.15) is 23.9 Å². The normalized spacial score (nSPS) is 12.7. The predicted molar refractivity (Wildman–Crippen MR) is 108 cm³/mol. The van der Waals surface area contributed by atoms with Crippen molar-refractivity contribution >= 4 is 60.3 Å². The van der Waals surface area contributed by atoms with E-state index < -0.39 is 66.0 Å². The van der Waals surface area contributed by atoms with E-state index in [1.54, 1.807) is 0 Å². The van der Waals surface area contributed by atoms with Crippen LogP contribution in [0.25, 0.3) is 0 Å². The summed E-state index contributed by atoms with van der Waals surface area (Å²) in [6.07, 6.45) is -0.822. The van der Waals surface area contributed by atoms with Crippen LogP contribution in [0.4, 0.5) is 0 Å². The molecule has 3 atom stereocenters. The van der Waals surface area contributed by atoms with Gasteiger partial charge in [-0.1, -0.05) is 0 Å². The summed E-state index contributed by atoms with van der Waals surface area (Å²) in [5, 5.41) is 36.4. The van der Waals surface area contributed by atoms with Crippen LogP contribution in [0.3, 0.4) is 0 Å². The second-order valence-electron chi connectivity index (χ2n) is 5.54. The number of aliphatic carboxylic acids is 4. The van der Waals surface area contributed by atoms with E-state index >= 15 is 0 Å². The molecule has 0 heterocycles. The highest BCUT2D eigenvalue weighted by Crippen LogP contribution is 2.05. The largest absolute Gasteiger partial charge is 0.481 e. The monoisotopic (exact) mass is 486 g/mol. The molecule has 0 aromatic heterocycles. The number of carboxylic acid groups (broad SMARTS) is 4. The fourth-order valence-electron chi connectivity index (χ4n) is 1.50. The molecule has 0 spiro atoms. The number of rotatable bonds is 14. The molecular weight excluding hydrogens is 464 g/mol. The first-order chi connectivity index (χ1) is 14.3. The lowest BCUT2D eigenvalue weighted by atomic mass is 10.1. The third kappa shape index (κ3) is 17.6. The molecule has 0 aliphatic heterocycles. The van der Waals surface area contributed by atoms with Gasteiger partial charge in [0.2, 0.25) is 11.8 Å². The minimum Gasteiger partial charge on any atom is -0.481 e. The number of nitroso groups, excluding NO2 is 1. The second kappa shape index (κ2) is 16.8. The van der Waals surface area contributed by atoms with Gasteiger partial charge in [-0.25, -0.2) is 0 Å². The minimum atomic E-state index is -1.27. The van der Waals surface area contributed by atoms with Gasteiger partial charge < -0.3 is 36.8 Å². The van der Waals surface area contributed by atoms with Gasteiger partial charge in [0.25, 0.3) is 0 Å². The molecule has 0 aliphatic rings. The molecule has 8 N–H and O–H groups in total. The van der Waals surface area contributed by atoms with Crippen LogP contribution in [0.1, 0.15) is 19.3 Å². The van der Waals surface area contributed by atoms with Gasteiger partial charge in [-0.05, 0) is 6.42 Å². The van der Waals surface area contributed by atoms with Crippen molar-refractivity contribution in [3.05, 3.63) is 4.91 Å². The summed E-state index contributed by atoms with van der Waals surface area (Å²) in [5.41, 5.74) is 5.23. The van der Waals surface area contributed by atoms with Crippen LogP contribution in [0.5, 0.6) is 0 Å². The maximum absolute atomic E-state index is 11.7. The molecule has 0 aromatic rings. The number of carbonyl (C=O) groups excluding carboxylic acids is 2. The van der Waals surface area contributed by atoms with Gasteiger partial charge in [0, 0.05) is 28.7 Å². The molecular formula is C14H22N4O11S2. The molecule has 2 amide bonds. The lowest BCUT2D eigenvalue weighted by molar-refractivity contribution is -0.142. The third-order valence-electron chi connectivity index (χ3n) is 3.01. The highest BCUT2D eigenvalue weighted by atomic mass is 32.2. The van der Waals surface area contributed by atoms with Crippen molar-refractivity contribution in [3.63, 3.8) is 0 Å². The Morgan fingerprint density at radius 2 is 1.58 bits per heavy atom. The summed E-state index contributed by atoms with van der Waals surface area (Å²) in [6.45, 7) is -0.645. The third-order valence-corrected chi connectivity index (χ3v) is 4.00. The smallest absolute Gasteiger partial charge is 0.322 e. The van der Waals surface area contributed by atoms with Crippen molar-refractivity contribution in [2.75, 3.05) is 12.3 Å². The zero-order valence-corrected chi connectivity index (χ0v) is 17.5. The first-order valence-electron chi connectivity index (χ1n) is 8.16. The fourth-order valence-corrected chi connectivity index (χ4v) is 2.10. The average Bonchev–Trinajstić information content (AvgIpc) is 2.67. The van der Waals surface area contributed by atoms with Crippen molar-refractivity contribution in [2.45, 2.75) is 36.6 Å². The number of thiol groups is 1. The molecule has 17 heteroatoms. The number of nitrogens with two attached hydrogens (primary N) is 1. The molecule has 0 rings (SSSR count). The maximum atomic E-state index is 11.7. The predicted octanol–water partition coefficient (Wildman–Crippen LogP) is -1.88. The molecule has 0 aliphatic carbocycles. The van der Waals surface area contributed by atoms with Gasteiger partial charge in [-0.3, -0.25) is 28.8 Å². The van der Waals surface area contributed by atoms with E-state index in [-0.39, 0.29) is 18.6 Å². The summed E-state index contributed by atoms with van der Waals surface area (Å²) in [5.74, 6) is -6.53. The van der Waals surface area contributed by atoms with E-state index in [0.717, 1.165) is 0 Å². The Morgan fingerprint density at radius 3 is 1.97 bits per heavy atom. The van der Waals surface area contributed by atoms with E-state index in [1.165, 1.54) is 0 Å². The molecule has 176 valence electrons. The summed E-state index contributed by atoms with van der Waals surface area (Å²) in [7, 11) is 0. The summed E-state index contributed by atoms with van der Waals surface area (Å²) < 4.78 is 2.48. The van der Waals surface area contributed by atoms with E-state index in [4.69, 9.17) is 26.2 Å². The molecule has 0 aromatic carbocycles. The zero-order chi connectivity index (χ0) is 24.6. The fraction of sp³-hybridized carbons (Fsp3) is 0.571. The van der Waals surface area contributed by atoms with Gasteiger partial charge in [-0.2, -0.15) is 12.6 Å². The Morgan fingerprint density at radius 1 is 1.00 bits per heavy atom. The van der Waals surface area contributed by atoms with Gasteiger partial charge >= 0.3 is 23.9 Å². The summed E-state index contributed by atoms with van der Waals surface area (Å²) in [4.78, 5) is 73.9. The van der Waals surface area contributed by atoms with Crippen molar-refractivity contribution in [1.82, 2.24) is 10.6 Å². The number of carbonyl (C=O) groups is 6. The van der Waals surface area contributed by atoms with Crippen LogP contribution in [0.15, 0.2) is 4.58 Å². The van der Waals surface area contributed by atoms with Crippen molar-refractivity contribution in [2.24, 2.45) is 10.3 Å². The average molecular weight is 486 g/mol. The molecule has 0 fully saturated rings. The molecule has 0 saturated carbocycles. The van der Waals surface area contributed by atoms with E-state index in [2.05, 4.69) is 27.8 Å². The van der Waals surface area contributed by atoms with Gasteiger partial charge in [0.05, 0.1) is 6.42 Å². The molecule has 3 unspecified atom stereocenters. The van der Waals surface area contributed by atoms with Crippen LogP contribution >= 0.6 is 24.6 Å². The number of hydrogen-bond donors (Lipinski definition) is 8. The standard InChI is InChI=1S/C10H16N4O7S.C4H6O4S/c11-5(10(19)20)1-2-7(15)13-6(4-22-14-21)9(18)12-3-8(16)17;5-3(6)1-2(9)4(7)8/h5-6H,1-4,11H2,(H,12,18)(H,13,15)(H,16,17)(H,19,20);2,9H,1H2,(H,5,6)(H,7,8). The number of amides is 2. The van der Waals surface area contributed by atoms with Crippen LogP contribution in [0, 0.1) is 4.91 Å². The van der Waals surface area contributed by atoms with Crippen LogP contribution in [0.2, 0.25) is 0 Å². The minimum absolute atomic E-state index is 0.135. The highest BCUT2D eigenvalue weighted by molar-refractivity contribution is 7.97. The molecule has 0 bridgehead atoms. The van der Waals surface area contributed by atoms with Gasteiger partial charge in [-0.15, -0.1) is 4.91 Å². The Labute approximate surface area is 184 Å². The molecule has 0 saturated heterocycles. The van der Waals surface area contributed by atoms with Crippen LogP contribution in [-0.2, 0) is 28.8 Å². The molecule has 31 heavy (non-hydrogen) atoms. The topological polar surface area (TPSA) is 263 Å². The number of nitrogens with zero attached hydrogens (tertiary/aromatic N) is 1. The number of hydrogen-bond acceptors (Lipinski definition) is 11. The van der Waals surface area contributed by atoms with E-state index in [0.29, 0.717) is 11.9 Å². The Bertz CT molecular complexity index is 677. The Balaban J connectivity index is 0. The van der Waals surface area contributed by atoms with Crippen molar-refractivity contribution < 1.29 is 49.2 Å². The quantitative estimate of drug-likeness (QED) is 0.0760.